The molecule has 0 bridgehead atoms. The van der Waals surface area contributed by atoms with Crippen molar-refractivity contribution in [2.45, 2.75) is 37.8 Å². The summed E-state index contributed by atoms with van der Waals surface area (Å²) in [6, 6.07) is -0.759. The number of carboxylic acids is 2. The van der Waals surface area contributed by atoms with Crippen molar-refractivity contribution in [2.24, 2.45) is 0 Å². The van der Waals surface area contributed by atoms with Crippen LogP contribution in [0.5, 0.6) is 0 Å². The number of hydrogen-bond acceptors (Lipinski definition) is 6. The molecule has 8 heteroatoms. The molecule has 2 N–H and O–H groups in total. The summed E-state index contributed by atoms with van der Waals surface area (Å²) in [6.07, 6.45) is 3.36. The first-order chi connectivity index (χ1) is 7.61. The quantitative estimate of drug-likeness (QED) is 0.485. The molecule has 0 radical (unpaired) electrons. The van der Waals surface area contributed by atoms with Crippen LogP contribution < -0.4 is 80.0 Å². The van der Waals surface area contributed by atoms with Gasteiger partial charge in [-0.1, -0.05) is 0 Å². The summed E-state index contributed by atoms with van der Waals surface area (Å²) in [4.78, 5) is 20.1. The first-order valence-corrected chi connectivity index (χ1v) is 5.49. The van der Waals surface area contributed by atoms with Gasteiger partial charge in [-0.25, -0.2) is 0 Å². The molecule has 2 saturated heterocycles. The standard InChI is InChI=1S/2C5H9NO2.2Na/c2*7-5(8)4-2-1-3-6-4;;/h2*4,6H,1-3H2,(H,7,8);;/q;;2*+1/p-2/t2*4-;;/m00../s1. The third-order valence-corrected chi connectivity index (χ3v) is 2.69. The Labute approximate surface area is 151 Å². The molecule has 2 rings (SSSR count). The molecule has 92 valence electrons. The number of carboxylic acid groups (broad SMARTS) is 2. The molecule has 2 atom stereocenters. The minimum absolute atomic E-state index is 0. The van der Waals surface area contributed by atoms with Crippen LogP contribution >= 0.6 is 0 Å². The largest absolute Gasteiger partial charge is 1.00 e. The summed E-state index contributed by atoms with van der Waals surface area (Å²) < 4.78 is 0. The van der Waals surface area contributed by atoms with Crippen molar-refractivity contribution in [1.82, 2.24) is 10.6 Å². The van der Waals surface area contributed by atoms with Crippen molar-refractivity contribution in [1.29, 1.82) is 0 Å². The number of rotatable bonds is 2. The summed E-state index contributed by atoms with van der Waals surface area (Å²) in [6.45, 7) is 1.64. The zero-order valence-electron chi connectivity index (χ0n) is 11.0. The number of carbonyl (C=O) groups is 2. The van der Waals surface area contributed by atoms with Gasteiger partial charge in [0.1, 0.15) is 0 Å². The van der Waals surface area contributed by atoms with Crippen LogP contribution in [0.3, 0.4) is 0 Å². The fourth-order valence-electron chi connectivity index (χ4n) is 1.77. The predicted octanol–water partition coefficient (Wildman–Crippen LogP) is -9.02. The Morgan fingerprint density at radius 3 is 1.28 bits per heavy atom. The zero-order valence-corrected chi connectivity index (χ0v) is 15.0. The molecule has 0 aromatic carbocycles. The molecule has 2 fully saturated rings. The Balaban J connectivity index is 0. The van der Waals surface area contributed by atoms with Crippen LogP contribution in [0.15, 0.2) is 0 Å². The van der Waals surface area contributed by atoms with Crippen LogP contribution in [-0.4, -0.2) is 37.1 Å². The first kappa shape index (κ1) is 21.2. The van der Waals surface area contributed by atoms with Crippen LogP contribution in [0.2, 0.25) is 0 Å². The van der Waals surface area contributed by atoms with Crippen LogP contribution in [-0.2, 0) is 9.59 Å². The molecular weight excluding hydrogens is 258 g/mol. The molecular formula is C10H16N2Na2O4. The van der Waals surface area contributed by atoms with E-state index in [1.165, 1.54) is 0 Å². The van der Waals surface area contributed by atoms with E-state index in [0.717, 1.165) is 38.8 Å². The second-order valence-electron chi connectivity index (χ2n) is 3.94. The van der Waals surface area contributed by atoms with Crippen molar-refractivity contribution < 1.29 is 78.9 Å². The van der Waals surface area contributed by atoms with E-state index in [1.54, 1.807) is 0 Å². The van der Waals surface area contributed by atoms with E-state index in [4.69, 9.17) is 0 Å². The summed E-state index contributed by atoms with van der Waals surface area (Å²) in [7, 11) is 0. The summed E-state index contributed by atoms with van der Waals surface area (Å²) in [5.74, 6) is -1.94. The molecule has 0 spiro atoms. The van der Waals surface area contributed by atoms with Gasteiger partial charge < -0.3 is 30.4 Å². The third kappa shape index (κ3) is 8.12. The Morgan fingerprint density at radius 2 is 1.17 bits per heavy atom. The molecule has 6 nitrogen and oxygen atoms in total. The van der Waals surface area contributed by atoms with Gasteiger partial charge in [-0.05, 0) is 38.8 Å². The molecule has 0 amide bonds. The van der Waals surface area contributed by atoms with Gasteiger partial charge in [0.05, 0.1) is 11.9 Å². The SMILES string of the molecule is O=C([O-])[C@@H]1CCCN1.O=C([O-])[C@@H]1CCCN1.[Na+].[Na+]. The molecule has 2 heterocycles. The second kappa shape index (κ2) is 11.7. The third-order valence-electron chi connectivity index (χ3n) is 2.69. The van der Waals surface area contributed by atoms with E-state index in [0.29, 0.717) is 0 Å². The van der Waals surface area contributed by atoms with Crippen molar-refractivity contribution >= 4 is 11.9 Å². The molecule has 0 unspecified atom stereocenters. The minimum Gasteiger partial charge on any atom is -0.548 e. The molecule has 0 aromatic heterocycles. The van der Waals surface area contributed by atoms with Gasteiger partial charge >= 0.3 is 59.1 Å². The van der Waals surface area contributed by atoms with E-state index in [2.05, 4.69) is 10.6 Å². The number of nitrogens with one attached hydrogen (secondary N) is 2. The minimum atomic E-state index is -0.970. The van der Waals surface area contributed by atoms with Crippen molar-refractivity contribution in [2.75, 3.05) is 13.1 Å². The van der Waals surface area contributed by atoms with Crippen LogP contribution in [0.4, 0.5) is 0 Å². The number of hydrogen-bond donors (Lipinski definition) is 2. The van der Waals surface area contributed by atoms with E-state index in [1.807, 2.05) is 0 Å². The number of carbonyl (C=O) groups excluding carboxylic acids is 2. The van der Waals surface area contributed by atoms with Crippen molar-refractivity contribution in [3.05, 3.63) is 0 Å². The van der Waals surface area contributed by atoms with E-state index < -0.39 is 11.9 Å². The van der Waals surface area contributed by atoms with Crippen molar-refractivity contribution in [3.8, 4) is 0 Å². The molecule has 2 aliphatic rings. The fraction of sp³-hybridized carbons (Fsp3) is 0.800. The first-order valence-electron chi connectivity index (χ1n) is 5.49. The van der Waals surface area contributed by atoms with Crippen LogP contribution in [0.1, 0.15) is 25.7 Å². The van der Waals surface area contributed by atoms with Gasteiger partial charge in [-0.2, -0.15) is 0 Å². The van der Waals surface area contributed by atoms with Gasteiger partial charge in [0, 0.05) is 12.1 Å². The maximum Gasteiger partial charge on any atom is 1.00 e. The van der Waals surface area contributed by atoms with Gasteiger partial charge in [0.15, 0.2) is 0 Å². The zero-order chi connectivity index (χ0) is 12.0. The second-order valence-corrected chi connectivity index (χ2v) is 3.94. The van der Waals surface area contributed by atoms with E-state index in [9.17, 15) is 19.8 Å². The average Bonchev–Trinajstić information content (AvgIpc) is 2.93. The van der Waals surface area contributed by atoms with Gasteiger partial charge in [-0.3, -0.25) is 0 Å². The predicted molar refractivity (Wildman–Crippen MR) is 52.1 cm³/mol. The molecule has 0 aromatic rings. The van der Waals surface area contributed by atoms with Gasteiger partial charge in [0.25, 0.3) is 0 Å². The Bertz CT molecular complexity index is 228. The van der Waals surface area contributed by atoms with Crippen LogP contribution in [0, 0.1) is 0 Å². The molecule has 0 aliphatic carbocycles. The van der Waals surface area contributed by atoms with Crippen molar-refractivity contribution in [3.63, 3.8) is 0 Å². The Hall–Kier alpha value is 0.860. The Morgan fingerprint density at radius 1 is 0.833 bits per heavy atom. The molecule has 18 heavy (non-hydrogen) atoms. The summed E-state index contributed by atoms with van der Waals surface area (Å²) in [5.41, 5.74) is 0. The smallest absolute Gasteiger partial charge is 0.548 e. The fourth-order valence-corrected chi connectivity index (χ4v) is 1.77. The Kier molecular flexibility index (Phi) is 13.7. The summed E-state index contributed by atoms with van der Waals surface area (Å²) in [5, 5.41) is 25.6. The van der Waals surface area contributed by atoms with Gasteiger partial charge in [0.2, 0.25) is 0 Å². The average molecular weight is 274 g/mol. The molecule has 0 saturated carbocycles. The topological polar surface area (TPSA) is 104 Å². The normalized spacial score (nSPS) is 25.1. The van der Waals surface area contributed by atoms with E-state index >= 15 is 0 Å². The monoisotopic (exact) mass is 274 g/mol. The summed E-state index contributed by atoms with van der Waals surface area (Å²) >= 11 is 0. The maximum atomic E-state index is 10.0. The molecule has 2 aliphatic heterocycles. The maximum absolute atomic E-state index is 10.0. The van der Waals surface area contributed by atoms with Gasteiger partial charge in [-0.15, -0.1) is 0 Å². The van der Waals surface area contributed by atoms with Crippen LogP contribution in [0.25, 0.3) is 0 Å². The number of aliphatic carboxylic acids is 2. The van der Waals surface area contributed by atoms with E-state index in [-0.39, 0.29) is 71.2 Å².